The van der Waals surface area contributed by atoms with Crippen molar-refractivity contribution in [2.75, 3.05) is 13.2 Å². The normalized spacial score (nSPS) is 35.6. The average molecular weight is 535 g/mol. The molecule has 0 saturated carbocycles. The first-order valence-corrected chi connectivity index (χ1v) is 11.6. The van der Waals surface area contributed by atoms with E-state index < -0.39 is 91.9 Å². The van der Waals surface area contributed by atoms with E-state index in [1.807, 2.05) is 0 Å². The van der Waals surface area contributed by atoms with Crippen molar-refractivity contribution in [2.24, 2.45) is 0 Å². The summed E-state index contributed by atoms with van der Waals surface area (Å²) in [5.41, 5.74) is 0. The lowest BCUT2D eigenvalue weighted by molar-refractivity contribution is -0.364. The summed E-state index contributed by atoms with van der Waals surface area (Å²) in [5, 5.41) is 21.1. The second kappa shape index (κ2) is 13.8. The number of carbonyl (C=O) groups excluding carboxylic acids is 4. The SMILES string of the molecule is C=CCO[C@H]1O[C@H](C)[C@H](O)[C@H](O)[C@H]1O[C@@H]1O[C@H](COC(C)=O)[C@@H](OC(C)=O)[C@H](OC(C)=O)[C@H]1OC(C)=O. The van der Waals surface area contributed by atoms with Gasteiger partial charge in [-0.1, -0.05) is 6.08 Å². The molecule has 0 radical (unpaired) electrons. The summed E-state index contributed by atoms with van der Waals surface area (Å²) >= 11 is 0. The quantitative estimate of drug-likeness (QED) is 0.200. The first-order chi connectivity index (χ1) is 17.3. The van der Waals surface area contributed by atoms with Crippen LogP contribution in [0.5, 0.6) is 0 Å². The van der Waals surface area contributed by atoms with Crippen LogP contribution in [0.1, 0.15) is 34.6 Å². The number of ether oxygens (including phenoxy) is 8. The van der Waals surface area contributed by atoms with E-state index in [1.165, 1.54) is 13.0 Å². The van der Waals surface area contributed by atoms with Gasteiger partial charge in [0.25, 0.3) is 0 Å². The molecule has 2 aliphatic rings. The molecule has 14 heteroatoms. The van der Waals surface area contributed by atoms with Gasteiger partial charge in [-0.05, 0) is 6.92 Å². The minimum atomic E-state index is -1.60. The molecule has 2 aliphatic heterocycles. The molecule has 2 fully saturated rings. The molecule has 14 nitrogen and oxygen atoms in total. The van der Waals surface area contributed by atoms with Crippen molar-refractivity contribution >= 4 is 23.9 Å². The number of aliphatic hydroxyl groups excluding tert-OH is 2. The second-order valence-corrected chi connectivity index (χ2v) is 8.48. The Labute approximate surface area is 213 Å². The third-order valence-electron chi connectivity index (χ3n) is 5.40. The highest BCUT2D eigenvalue weighted by Crippen LogP contribution is 2.33. The Bertz CT molecular complexity index is 830. The molecule has 0 unspecified atom stereocenters. The van der Waals surface area contributed by atoms with E-state index in [9.17, 15) is 29.4 Å². The van der Waals surface area contributed by atoms with Gasteiger partial charge in [-0.25, -0.2) is 0 Å². The maximum atomic E-state index is 12.0. The molecule has 2 saturated heterocycles. The Morgan fingerprint density at radius 2 is 1.35 bits per heavy atom. The summed E-state index contributed by atoms with van der Waals surface area (Å²) in [7, 11) is 0. The predicted molar refractivity (Wildman–Crippen MR) is 119 cm³/mol. The number of carbonyl (C=O) groups is 4. The minimum Gasteiger partial charge on any atom is -0.463 e. The van der Waals surface area contributed by atoms with Gasteiger partial charge in [-0.2, -0.15) is 0 Å². The Morgan fingerprint density at radius 1 is 0.784 bits per heavy atom. The third kappa shape index (κ3) is 8.45. The lowest BCUT2D eigenvalue weighted by Crippen LogP contribution is -2.66. The van der Waals surface area contributed by atoms with Crippen molar-refractivity contribution in [3.05, 3.63) is 12.7 Å². The van der Waals surface area contributed by atoms with Crippen LogP contribution in [0.2, 0.25) is 0 Å². The van der Waals surface area contributed by atoms with Crippen molar-refractivity contribution in [3.8, 4) is 0 Å². The zero-order chi connectivity index (χ0) is 27.9. The zero-order valence-corrected chi connectivity index (χ0v) is 21.3. The van der Waals surface area contributed by atoms with Crippen LogP contribution in [0.4, 0.5) is 0 Å². The highest BCUT2D eigenvalue weighted by molar-refractivity contribution is 5.68. The lowest BCUT2D eigenvalue weighted by Gasteiger charge is -2.47. The van der Waals surface area contributed by atoms with Crippen molar-refractivity contribution in [1.82, 2.24) is 0 Å². The van der Waals surface area contributed by atoms with Gasteiger partial charge in [-0.15, -0.1) is 6.58 Å². The lowest BCUT2D eigenvalue weighted by atomic mass is 9.97. The molecule has 210 valence electrons. The predicted octanol–water partition coefficient (Wildman–Crippen LogP) is -0.876. The number of hydrogen-bond acceptors (Lipinski definition) is 14. The topological polar surface area (TPSA) is 183 Å². The van der Waals surface area contributed by atoms with Gasteiger partial charge in [0.05, 0.1) is 12.7 Å². The fourth-order valence-corrected chi connectivity index (χ4v) is 3.90. The monoisotopic (exact) mass is 534 g/mol. The van der Waals surface area contributed by atoms with Gasteiger partial charge in [0, 0.05) is 27.7 Å². The molecule has 0 aromatic rings. The number of rotatable bonds is 10. The van der Waals surface area contributed by atoms with Crippen LogP contribution >= 0.6 is 0 Å². The van der Waals surface area contributed by atoms with E-state index in [0.29, 0.717) is 0 Å². The fraction of sp³-hybridized carbons (Fsp3) is 0.739. The molecule has 2 N–H and O–H groups in total. The number of esters is 4. The van der Waals surface area contributed by atoms with E-state index in [4.69, 9.17) is 37.9 Å². The average Bonchev–Trinajstić information content (AvgIpc) is 2.79. The summed E-state index contributed by atoms with van der Waals surface area (Å²) in [5.74, 6) is -3.11. The fourth-order valence-electron chi connectivity index (χ4n) is 3.90. The molecule has 0 aromatic heterocycles. The van der Waals surface area contributed by atoms with Crippen LogP contribution in [-0.4, -0.2) is 109 Å². The van der Waals surface area contributed by atoms with E-state index in [0.717, 1.165) is 27.7 Å². The molecule has 0 bridgehead atoms. The van der Waals surface area contributed by atoms with Gasteiger partial charge in [0.15, 0.2) is 30.9 Å². The summed E-state index contributed by atoms with van der Waals surface area (Å²) in [6.45, 7) is 9.00. The van der Waals surface area contributed by atoms with E-state index >= 15 is 0 Å². The standard InChI is InChI=1S/C23H34O14/c1-7-8-30-22-19(17(29)16(28)10(2)32-22)37-23-21(35-14(6)27)20(34-13(5)26)18(33-12(4)25)15(36-23)9-31-11(3)24/h7,10,15-23,28-29H,1,8-9H2,2-6H3/t10-,15-,16+,17+,18-,19-,20+,21-,22+,23+/m1/s1. The number of hydrogen-bond donors (Lipinski definition) is 2. The molecule has 0 aliphatic carbocycles. The van der Waals surface area contributed by atoms with Crippen LogP contribution in [-0.2, 0) is 57.1 Å². The molecular weight excluding hydrogens is 500 g/mol. The van der Waals surface area contributed by atoms with Gasteiger partial charge >= 0.3 is 23.9 Å². The van der Waals surface area contributed by atoms with Crippen molar-refractivity contribution in [1.29, 1.82) is 0 Å². The molecule has 0 spiro atoms. The van der Waals surface area contributed by atoms with Crippen LogP contribution < -0.4 is 0 Å². The van der Waals surface area contributed by atoms with Crippen molar-refractivity contribution in [3.63, 3.8) is 0 Å². The van der Waals surface area contributed by atoms with Gasteiger partial charge in [0.1, 0.15) is 31.0 Å². The van der Waals surface area contributed by atoms with Gasteiger partial charge in [0.2, 0.25) is 0 Å². The minimum absolute atomic E-state index is 0.00135. The first-order valence-electron chi connectivity index (χ1n) is 11.6. The zero-order valence-electron chi connectivity index (χ0n) is 21.3. The maximum Gasteiger partial charge on any atom is 0.303 e. The second-order valence-electron chi connectivity index (χ2n) is 8.48. The van der Waals surface area contributed by atoms with Gasteiger partial charge in [-0.3, -0.25) is 19.2 Å². The highest BCUT2D eigenvalue weighted by atomic mass is 16.8. The van der Waals surface area contributed by atoms with Crippen LogP contribution in [0.3, 0.4) is 0 Å². The molecular formula is C23H34O14. The maximum absolute atomic E-state index is 12.0. The summed E-state index contributed by atoms with van der Waals surface area (Å²) in [6, 6.07) is 0. The van der Waals surface area contributed by atoms with Crippen LogP contribution in [0.15, 0.2) is 12.7 Å². The number of aliphatic hydroxyl groups is 2. The largest absolute Gasteiger partial charge is 0.463 e. The Hall–Kier alpha value is -2.62. The van der Waals surface area contributed by atoms with Crippen molar-refractivity contribution < 1.29 is 67.3 Å². The molecule has 10 atom stereocenters. The third-order valence-corrected chi connectivity index (χ3v) is 5.40. The first kappa shape index (κ1) is 30.6. The summed E-state index contributed by atoms with van der Waals surface area (Å²) in [6.07, 6.45) is -12.2. The van der Waals surface area contributed by atoms with Crippen LogP contribution in [0, 0.1) is 0 Å². The Morgan fingerprint density at radius 3 is 1.89 bits per heavy atom. The Kier molecular flexibility index (Phi) is 11.4. The highest BCUT2D eigenvalue weighted by Gasteiger charge is 2.55. The Balaban J connectivity index is 2.48. The molecule has 0 aromatic carbocycles. The van der Waals surface area contributed by atoms with E-state index in [-0.39, 0.29) is 6.61 Å². The molecule has 0 amide bonds. The van der Waals surface area contributed by atoms with E-state index in [2.05, 4.69) is 6.58 Å². The van der Waals surface area contributed by atoms with Gasteiger partial charge < -0.3 is 48.1 Å². The molecule has 2 heterocycles. The van der Waals surface area contributed by atoms with Crippen molar-refractivity contribution in [2.45, 2.75) is 96.0 Å². The van der Waals surface area contributed by atoms with Crippen LogP contribution in [0.25, 0.3) is 0 Å². The van der Waals surface area contributed by atoms with E-state index in [1.54, 1.807) is 0 Å². The molecule has 37 heavy (non-hydrogen) atoms. The summed E-state index contributed by atoms with van der Waals surface area (Å²) in [4.78, 5) is 47.2. The smallest absolute Gasteiger partial charge is 0.303 e. The summed E-state index contributed by atoms with van der Waals surface area (Å²) < 4.78 is 44.0. The molecule has 2 rings (SSSR count).